The molecular formula is C19H29IN6O. The Hall–Kier alpha value is -1.84. The van der Waals surface area contributed by atoms with E-state index in [1.54, 1.807) is 7.11 Å². The van der Waals surface area contributed by atoms with Gasteiger partial charge in [0, 0.05) is 20.1 Å². The smallest absolute Gasteiger partial charge is 0.191 e. The topological polar surface area (TPSA) is 76.4 Å². The van der Waals surface area contributed by atoms with Gasteiger partial charge in [-0.25, -0.2) is 4.99 Å². The first-order valence-electron chi connectivity index (χ1n) is 9.15. The molecular weight excluding hydrogens is 455 g/mol. The molecule has 0 aliphatic heterocycles. The summed E-state index contributed by atoms with van der Waals surface area (Å²) in [5, 5.41) is 15.1. The van der Waals surface area contributed by atoms with Gasteiger partial charge in [-0.3, -0.25) is 0 Å². The lowest BCUT2D eigenvalue weighted by atomic mass is 10.1. The number of benzene rings is 1. The summed E-state index contributed by atoms with van der Waals surface area (Å²) in [6.45, 7) is 4.26. The fraction of sp³-hybridized carbons (Fsp3) is 0.526. The molecule has 0 radical (unpaired) electrons. The van der Waals surface area contributed by atoms with Crippen molar-refractivity contribution >= 4 is 29.9 Å². The highest BCUT2D eigenvalue weighted by Gasteiger charge is 2.21. The number of hydrogen-bond donors (Lipinski definition) is 2. The molecule has 0 unspecified atom stereocenters. The highest BCUT2D eigenvalue weighted by molar-refractivity contribution is 14.0. The first-order valence-corrected chi connectivity index (χ1v) is 9.15. The van der Waals surface area contributed by atoms with Crippen molar-refractivity contribution in [3.63, 3.8) is 0 Å². The van der Waals surface area contributed by atoms with E-state index in [0.717, 1.165) is 48.8 Å². The third-order valence-corrected chi connectivity index (χ3v) is 4.68. The van der Waals surface area contributed by atoms with E-state index in [9.17, 15) is 0 Å². The second-order valence-electron chi connectivity index (χ2n) is 6.74. The van der Waals surface area contributed by atoms with Crippen LogP contribution in [0.1, 0.15) is 30.1 Å². The zero-order valence-corrected chi connectivity index (χ0v) is 18.6. The molecule has 1 aromatic carbocycles. The van der Waals surface area contributed by atoms with Crippen molar-refractivity contribution in [3.05, 3.63) is 41.5 Å². The highest BCUT2D eigenvalue weighted by atomic mass is 127. The SMILES string of the molecule is COc1ccc(CCNC(=NCc2nnc(C)n2C)NCC2CC2)cc1.I. The van der Waals surface area contributed by atoms with E-state index in [-0.39, 0.29) is 24.0 Å². The van der Waals surface area contributed by atoms with Gasteiger partial charge in [-0.05, 0) is 49.8 Å². The summed E-state index contributed by atoms with van der Waals surface area (Å²) in [7, 11) is 3.65. The Bertz CT molecular complexity index is 739. The third-order valence-electron chi connectivity index (χ3n) is 4.68. The molecule has 148 valence electrons. The summed E-state index contributed by atoms with van der Waals surface area (Å²) < 4.78 is 7.17. The summed E-state index contributed by atoms with van der Waals surface area (Å²) in [4.78, 5) is 4.68. The van der Waals surface area contributed by atoms with E-state index in [1.807, 2.05) is 30.7 Å². The van der Waals surface area contributed by atoms with Gasteiger partial charge >= 0.3 is 0 Å². The minimum atomic E-state index is 0. The number of methoxy groups -OCH3 is 1. The van der Waals surface area contributed by atoms with Crippen LogP contribution >= 0.6 is 24.0 Å². The molecule has 2 N–H and O–H groups in total. The molecule has 0 amide bonds. The number of guanidine groups is 1. The molecule has 3 rings (SSSR count). The number of aryl methyl sites for hydroxylation is 1. The first kappa shape index (κ1) is 21.5. The molecule has 0 atom stereocenters. The Morgan fingerprint density at radius 3 is 2.56 bits per heavy atom. The fourth-order valence-corrected chi connectivity index (χ4v) is 2.59. The molecule has 1 aliphatic rings. The van der Waals surface area contributed by atoms with Gasteiger partial charge in [-0.1, -0.05) is 12.1 Å². The molecule has 1 fully saturated rings. The molecule has 0 saturated heterocycles. The van der Waals surface area contributed by atoms with Gasteiger partial charge in [0.25, 0.3) is 0 Å². The third kappa shape index (κ3) is 6.67. The van der Waals surface area contributed by atoms with Crippen LogP contribution < -0.4 is 15.4 Å². The quantitative estimate of drug-likeness (QED) is 0.342. The van der Waals surface area contributed by atoms with E-state index in [0.29, 0.717) is 6.54 Å². The van der Waals surface area contributed by atoms with Crippen LogP contribution in [0.4, 0.5) is 0 Å². The van der Waals surface area contributed by atoms with E-state index in [1.165, 1.54) is 18.4 Å². The predicted octanol–water partition coefficient (Wildman–Crippen LogP) is 2.44. The second-order valence-corrected chi connectivity index (χ2v) is 6.74. The molecule has 1 aromatic heterocycles. The molecule has 7 nitrogen and oxygen atoms in total. The molecule has 1 heterocycles. The monoisotopic (exact) mass is 484 g/mol. The number of rotatable bonds is 8. The summed E-state index contributed by atoms with van der Waals surface area (Å²) in [6.07, 6.45) is 3.56. The largest absolute Gasteiger partial charge is 0.497 e. The van der Waals surface area contributed by atoms with Crippen molar-refractivity contribution in [2.75, 3.05) is 20.2 Å². The molecule has 1 saturated carbocycles. The zero-order valence-electron chi connectivity index (χ0n) is 16.2. The number of nitrogens with zero attached hydrogens (tertiary/aromatic N) is 4. The van der Waals surface area contributed by atoms with Crippen molar-refractivity contribution in [1.29, 1.82) is 0 Å². The van der Waals surface area contributed by atoms with E-state index in [4.69, 9.17) is 4.74 Å². The fourth-order valence-electron chi connectivity index (χ4n) is 2.59. The average Bonchev–Trinajstić information content (AvgIpc) is 3.44. The molecule has 0 spiro atoms. The maximum absolute atomic E-state index is 5.20. The van der Waals surface area contributed by atoms with Crippen molar-refractivity contribution in [1.82, 2.24) is 25.4 Å². The van der Waals surface area contributed by atoms with Crippen molar-refractivity contribution < 1.29 is 4.74 Å². The van der Waals surface area contributed by atoms with Gasteiger partial charge in [0.15, 0.2) is 11.8 Å². The Morgan fingerprint density at radius 2 is 1.96 bits per heavy atom. The number of halogens is 1. The second kappa shape index (κ2) is 10.5. The molecule has 8 heteroatoms. The maximum atomic E-state index is 5.20. The van der Waals surface area contributed by atoms with Gasteiger partial charge in [-0.15, -0.1) is 34.2 Å². The molecule has 27 heavy (non-hydrogen) atoms. The minimum Gasteiger partial charge on any atom is -0.497 e. The van der Waals surface area contributed by atoms with Gasteiger partial charge in [-0.2, -0.15) is 0 Å². The van der Waals surface area contributed by atoms with Crippen LogP contribution in [0.15, 0.2) is 29.3 Å². The van der Waals surface area contributed by atoms with Gasteiger partial charge in [0.1, 0.15) is 18.1 Å². The first-order chi connectivity index (χ1) is 12.7. The van der Waals surface area contributed by atoms with Crippen LogP contribution in [0, 0.1) is 12.8 Å². The summed E-state index contributed by atoms with van der Waals surface area (Å²) >= 11 is 0. The lowest BCUT2D eigenvalue weighted by molar-refractivity contribution is 0.414. The zero-order chi connectivity index (χ0) is 18.4. The number of hydrogen-bond acceptors (Lipinski definition) is 4. The van der Waals surface area contributed by atoms with Gasteiger partial charge < -0.3 is 19.9 Å². The van der Waals surface area contributed by atoms with E-state index < -0.39 is 0 Å². The van der Waals surface area contributed by atoms with Crippen molar-refractivity contribution in [2.45, 2.75) is 32.7 Å². The van der Waals surface area contributed by atoms with Crippen LogP contribution in [-0.4, -0.2) is 40.9 Å². The highest BCUT2D eigenvalue weighted by Crippen LogP contribution is 2.27. The summed E-state index contributed by atoms with van der Waals surface area (Å²) in [5.74, 6) is 4.28. The van der Waals surface area contributed by atoms with E-state index >= 15 is 0 Å². The van der Waals surface area contributed by atoms with Crippen LogP contribution in [0.5, 0.6) is 5.75 Å². The van der Waals surface area contributed by atoms with Gasteiger partial charge in [0.2, 0.25) is 0 Å². The summed E-state index contributed by atoms with van der Waals surface area (Å²) in [5.41, 5.74) is 1.27. The Kier molecular flexibility index (Phi) is 8.33. The number of aromatic nitrogens is 3. The molecule has 1 aliphatic carbocycles. The minimum absolute atomic E-state index is 0. The van der Waals surface area contributed by atoms with E-state index in [2.05, 4.69) is 38.0 Å². The van der Waals surface area contributed by atoms with Crippen LogP contribution in [-0.2, 0) is 20.0 Å². The summed E-state index contributed by atoms with van der Waals surface area (Å²) in [6, 6.07) is 8.17. The maximum Gasteiger partial charge on any atom is 0.191 e. The molecule has 0 bridgehead atoms. The lowest BCUT2D eigenvalue weighted by Gasteiger charge is -2.12. The van der Waals surface area contributed by atoms with Crippen molar-refractivity contribution in [2.24, 2.45) is 18.0 Å². The Morgan fingerprint density at radius 1 is 1.22 bits per heavy atom. The lowest BCUT2D eigenvalue weighted by Crippen LogP contribution is -2.39. The normalized spacial score (nSPS) is 13.8. The van der Waals surface area contributed by atoms with Gasteiger partial charge in [0.05, 0.1) is 7.11 Å². The molecule has 2 aromatic rings. The van der Waals surface area contributed by atoms with Crippen LogP contribution in [0.2, 0.25) is 0 Å². The predicted molar refractivity (Wildman–Crippen MR) is 118 cm³/mol. The van der Waals surface area contributed by atoms with Crippen LogP contribution in [0.3, 0.4) is 0 Å². The number of ether oxygens (including phenoxy) is 1. The number of aliphatic imine (C=N–C) groups is 1. The van der Waals surface area contributed by atoms with Crippen LogP contribution in [0.25, 0.3) is 0 Å². The number of nitrogens with one attached hydrogen (secondary N) is 2. The van der Waals surface area contributed by atoms with Crippen molar-refractivity contribution in [3.8, 4) is 5.75 Å². The average molecular weight is 484 g/mol. The Labute approximate surface area is 178 Å². The Balaban J connectivity index is 0.00000261. The standard InChI is InChI=1S/C19H28N6O.HI/c1-14-23-24-18(25(14)2)13-22-19(21-12-16-4-5-16)20-11-10-15-6-8-17(26-3)9-7-15;/h6-9,16H,4-5,10-13H2,1-3H3,(H2,20,21,22);1H.